The number of benzene rings is 2. The second kappa shape index (κ2) is 10.7. The third kappa shape index (κ3) is 6.97. The van der Waals surface area contributed by atoms with Gasteiger partial charge in [0.25, 0.3) is 0 Å². The minimum absolute atomic E-state index is 0.194. The minimum atomic E-state index is -3.74. The summed E-state index contributed by atoms with van der Waals surface area (Å²) in [7, 11) is -3.74. The first-order valence-electron chi connectivity index (χ1n) is 9.23. The van der Waals surface area contributed by atoms with E-state index in [0.29, 0.717) is 24.7 Å². The molecule has 0 bridgehead atoms. The van der Waals surface area contributed by atoms with Crippen molar-refractivity contribution in [2.24, 2.45) is 0 Å². The molecule has 10 heteroatoms. The van der Waals surface area contributed by atoms with E-state index in [4.69, 9.17) is 32.7 Å². The molecule has 0 atom stereocenters. The number of hydrogen-bond acceptors (Lipinski definition) is 5. The van der Waals surface area contributed by atoms with Crippen LogP contribution in [0, 0.1) is 0 Å². The predicted molar refractivity (Wildman–Crippen MR) is 119 cm³/mol. The van der Waals surface area contributed by atoms with Crippen molar-refractivity contribution in [3.8, 4) is 11.5 Å². The maximum Gasteiger partial charge on any atom is 0.241 e. The SMILES string of the molecule is CCOc1ccc(CNC(=O)CN(c2cc(Cl)cc(Cl)c2)S(C)(=O)=O)cc1OCC. The molecule has 2 rings (SSSR count). The van der Waals surface area contributed by atoms with Crippen molar-refractivity contribution in [2.75, 3.05) is 30.3 Å². The van der Waals surface area contributed by atoms with Gasteiger partial charge in [0.1, 0.15) is 6.54 Å². The van der Waals surface area contributed by atoms with E-state index >= 15 is 0 Å². The molecule has 1 N–H and O–H groups in total. The Morgan fingerprint density at radius 3 is 2.17 bits per heavy atom. The molecule has 2 aromatic rings. The van der Waals surface area contributed by atoms with Crippen molar-refractivity contribution in [1.82, 2.24) is 5.32 Å². The Morgan fingerprint density at radius 2 is 1.60 bits per heavy atom. The smallest absolute Gasteiger partial charge is 0.241 e. The molecule has 1 amide bonds. The third-order valence-electron chi connectivity index (χ3n) is 3.92. The zero-order valence-electron chi connectivity index (χ0n) is 16.9. The van der Waals surface area contributed by atoms with Gasteiger partial charge in [-0.2, -0.15) is 0 Å². The van der Waals surface area contributed by atoms with Gasteiger partial charge in [-0.3, -0.25) is 9.10 Å². The van der Waals surface area contributed by atoms with Crippen molar-refractivity contribution in [2.45, 2.75) is 20.4 Å². The van der Waals surface area contributed by atoms with Gasteiger partial charge in [-0.1, -0.05) is 29.3 Å². The van der Waals surface area contributed by atoms with Crippen molar-refractivity contribution in [3.05, 3.63) is 52.0 Å². The van der Waals surface area contributed by atoms with Gasteiger partial charge in [0.15, 0.2) is 11.5 Å². The largest absolute Gasteiger partial charge is 0.490 e. The summed E-state index contributed by atoms with van der Waals surface area (Å²) in [6, 6.07) is 9.70. The van der Waals surface area contributed by atoms with Crippen LogP contribution in [-0.2, 0) is 21.4 Å². The van der Waals surface area contributed by atoms with Crippen LogP contribution >= 0.6 is 23.2 Å². The zero-order chi connectivity index (χ0) is 22.3. The van der Waals surface area contributed by atoms with Crippen molar-refractivity contribution < 1.29 is 22.7 Å². The Morgan fingerprint density at radius 1 is 1.00 bits per heavy atom. The van der Waals surface area contributed by atoms with Crippen LogP contribution in [0.25, 0.3) is 0 Å². The van der Waals surface area contributed by atoms with Gasteiger partial charge in [0.05, 0.1) is 25.2 Å². The molecule has 0 heterocycles. The summed E-state index contributed by atoms with van der Waals surface area (Å²) in [6.07, 6.45) is 1.01. The fourth-order valence-electron chi connectivity index (χ4n) is 2.68. The van der Waals surface area contributed by atoms with Crippen LogP contribution in [0.3, 0.4) is 0 Å². The first-order valence-corrected chi connectivity index (χ1v) is 11.8. The lowest BCUT2D eigenvalue weighted by atomic mass is 10.2. The molecule has 30 heavy (non-hydrogen) atoms. The second-order valence-corrected chi connectivity index (χ2v) is 9.10. The summed E-state index contributed by atoms with van der Waals surface area (Å²) in [5.74, 6) is 0.719. The standard InChI is InChI=1S/C20H24Cl2N2O5S/c1-4-28-18-7-6-14(8-19(18)29-5-2)12-23-20(25)13-24(30(3,26)27)17-10-15(21)9-16(22)11-17/h6-11H,4-5,12-13H2,1-3H3,(H,23,25). The monoisotopic (exact) mass is 474 g/mol. The van der Waals surface area contributed by atoms with Crippen molar-refractivity contribution in [3.63, 3.8) is 0 Å². The molecule has 0 fully saturated rings. The van der Waals surface area contributed by atoms with Gasteiger partial charge in [-0.25, -0.2) is 8.42 Å². The molecule has 0 saturated carbocycles. The lowest BCUT2D eigenvalue weighted by Gasteiger charge is -2.22. The zero-order valence-corrected chi connectivity index (χ0v) is 19.3. The Bertz CT molecular complexity index is 978. The number of nitrogens with zero attached hydrogens (tertiary/aromatic N) is 1. The first kappa shape index (κ1) is 24.1. The number of ether oxygens (including phenoxy) is 2. The molecule has 0 aliphatic heterocycles. The number of sulfonamides is 1. The highest BCUT2D eigenvalue weighted by Gasteiger charge is 2.21. The Labute approximate surface area is 186 Å². The topological polar surface area (TPSA) is 84.9 Å². The van der Waals surface area contributed by atoms with E-state index in [2.05, 4.69) is 5.32 Å². The number of hydrogen-bond donors (Lipinski definition) is 1. The average Bonchev–Trinajstić information content (AvgIpc) is 2.65. The maximum absolute atomic E-state index is 12.5. The summed E-state index contributed by atoms with van der Waals surface area (Å²) in [6.45, 7) is 4.51. The lowest BCUT2D eigenvalue weighted by Crippen LogP contribution is -2.40. The van der Waals surface area contributed by atoms with E-state index in [-0.39, 0.29) is 22.3 Å². The van der Waals surface area contributed by atoms with Crippen LogP contribution in [0.15, 0.2) is 36.4 Å². The molecule has 0 unspecified atom stereocenters. The van der Waals surface area contributed by atoms with Crippen molar-refractivity contribution in [1.29, 1.82) is 0 Å². The summed E-state index contributed by atoms with van der Waals surface area (Å²) < 4.78 is 36.5. The molecule has 164 valence electrons. The number of carbonyl (C=O) groups is 1. The van der Waals surface area contributed by atoms with E-state index in [1.807, 2.05) is 13.8 Å². The highest BCUT2D eigenvalue weighted by atomic mass is 35.5. The molecule has 2 aromatic carbocycles. The van der Waals surface area contributed by atoms with Crippen LogP contribution < -0.4 is 19.1 Å². The van der Waals surface area contributed by atoms with Crippen molar-refractivity contribution >= 4 is 44.8 Å². The van der Waals surface area contributed by atoms with Crippen LogP contribution in [0.4, 0.5) is 5.69 Å². The number of anilines is 1. The lowest BCUT2D eigenvalue weighted by molar-refractivity contribution is -0.119. The molecular formula is C20H24Cl2N2O5S. The fourth-order valence-corrected chi connectivity index (χ4v) is 4.03. The fraction of sp³-hybridized carbons (Fsp3) is 0.350. The predicted octanol–water partition coefficient (Wildman–Crippen LogP) is 3.87. The Hall–Kier alpha value is -2.16. The highest BCUT2D eigenvalue weighted by molar-refractivity contribution is 7.92. The molecule has 0 radical (unpaired) electrons. The molecule has 0 saturated heterocycles. The molecule has 7 nitrogen and oxygen atoms in total. The summed E-state index contributed by atoms with van der Waals surface area (Å²) in [5.41, 5.74) is 0.997. The molecule has 0 aliphatic carbocycles. The number of carbonyl (C=O) groups excluding carboxylic acids is 1. The quantitative estimate of drug-likeness (QED) is 0.564. The van der Waals surface area contributed by atoms with Gasteiger partial charge < -0.3 is 14.8 Å². The minimum Gasteiger partial charge on any atom is -0.490 e. The van der Waals surface area contributed by atoms with E-state index < -0.39 is 22.5 Å². The number of halogens is 2. The number of amides is 1. The molecule has 0 aromatic heterocycles. The van der Waals surface area contributed by atoms with Gasteiger partial charge in [0, 0.05) is 16.6 Å². The van der Waals surface area contributed by atoms with E-state index in [9.17, 15) is 13.2 Å². The van der Waals surface area contributed by atoms with Crippen LogP contribution in [0.1, 0.15) is 19.4 Å². The summed E-state index contributed by atoms with van der Waals surface area (Å²) in [5, 5.41) is 3.25. The maximum atomic E-state index is 12.5. The highest BCUT2D eigenvalue weighted by Crippen LogP contribution is 2.29. The van der Waals surface area contributed by atoms with Gasteiger partial charge in [-0.15, -0.1) is 0 Å². The van der Waals surface area contributed by atoms with Gasteiger partial charge in [0.2, 0.25) is 15.9 Å². The van der Waals surface area contributed by atoms with Crippen LogP contribution in [0.2, 0.25) is 10.0 Å². The average molecular weight is 475 g/mol. The van der Waals surface area contributed by atoms with Crippen LogP contribution in [0.5, 0.6) is 11.5 Å². The van der Waals surface area contributed by atoms with E-state index in [1.165, 1.54) is 18.2 Å². The Kier molecular flexibility index (Phi) is 8.64. The molecule has 0 spiro atoms. The number of nitrogens with one attached hydrogen (secondary N) is 1. The summed E-state index contributed by atoms with van der Waals surface area (Å²) in [4.78, 5) is 12.5. The van der Waals surface area contributed by atoms with Gasteiger partial charge >= 0.3 is 0 Å². The third-order valence-corrected chi connectivity index (χ3v) is 5.50. The normalized spacial score (nSPS) is 11.1. The molecular weight excluding hydrogens is 451 g/mol. The van der Waals surface area contributed by atoms with E-state index in [0.717, 1.165) is 16.1 Å². The molecule has 0 aliphatic rings. The Balaban J connectivity index is 2.12. The van der Waals surface area contributed by atoms with Crippen LogP contribution in [-0.4, -0.2) is 40.3 Å². The first-order chi connectivity index (χ1) is 14.1. The number of rotatable bonds is 10. The second-order valence-electron chi connectivity index (χ2n) is 6.32. The summed E-state index contributed by atoms with van der Waals surface area (Å²) >= 11 is 11.9. The van der Waals surface area contributed by atoms with Gasteiger partial charge in [-0.05, 0) is 49.7 Å². The van der Waals surface area contributed by atoms with E-state index in [1.54, 1.807) is 18.2 Å².